The van der Waals surface area contributed by atoms with Crippen LogP contribution < -0.4 is 20.3 Å². The predicted molar refractivity (Wildman–Crippen MR) is 107 cm³/mol. The van der Waals surface area contributed by atoms with Crippen LogP contribution in [-0.2, 0) is 9.59 Å². The van der Waals surface area contributed by atoms with Crippen molar-refractivity contribution >= 4 is 29.1 Å². The number of nitrogens with zero attached hydrogens (tertiary/aromatic N) is 1. The van der Waals surface area contributed by atoms with Crippen molar-refractivity contribution < 1.29 is 19.1 Å². The molecule has 3 rings (SSSR count). The third-order valence-corrected chi connectivity index (χ3v) is 4.62. The summed E-state index contributed by atoms with van der Waals surface area (Å²) < 4.78 is 5.33. The zero-order valence-corrected chi connectivity index (χ0v) is 15.9. The van der Waals surface area contributed by atoms with E-state index in [-0.39, 0.29) is 17.7 Å². The van der Waals surface area contributed by atoms with Gasteiger partial charge in [-0.2, -0.15) is 0 Å². The van der Waals surface area contributed by atoms with Crippen molar-refractivity contribution in [2.24, 2.45) is 0 Å². The lowest BCUT2D eigenvalue weighted by atomic mass is 10.1. The van der Waals surface area contributed by atoms with Crippen molar-refractivity contribution in [2.75, 3.05) is 23.9 Å². The van der Waals surface area contributed by atoms with Gasteiger partial charge in [0, 0.05) is 24.2 Å². The second-order valence-corrected chi connectivity index (χ2v) is 6.46. The van der Waals surface area contributed by atoms with Crippen LogP contribution in [0.5, 0.6) is 5.75 Å². The number of rotatable bonds is 6. The Morgan fingerprint density at radius 3 is 2.71 bits per heavy atom. The second-order valence-electron chi connectivity index (χ2n) is 6.46. The maximum absolute atomic E-state index is 12.8. The molecule has 1 aliphatic heterocycles. The van der Waals surface area contributed by atoms with E-state index in [9.17, 15) is 14.4 Å². The van der Waals surface area contributed by atoms with E-state index < -0.39 is 6.04 Å². The summed E-state index contributed by atoms with van der Waals surface area (Å²) in [6.45, 7) is 2.25. The van der Waals surface area contributed by atoms with Gasteiger partial charge in [0.25, 0.3) is 5.91 Å². The van der Waals surface area contributed by atoms with Gasteiger partial charge in [-0.15, -0.1) is 0 Å². The highest BCUT2D eigenvalue weighted by Crippen LogP contribution is 2.31. The molecule has 2 aromatic carbocycles. The van der Waals surface area contributed by atoms with Gasteiger partial charge in [-0.1, -0.05) is 25.1 Å². The summed E-state index contributed by atoms with van der Waals surface area (Å²) in [7, 11) is 1.56. The maximum Gasteiger partial charge on any atom is 0.252 e. The van der Waals surface area contributed by atoms with E-state index in [1.54, 1.807) is 49.3 Å². The molecule has 0 saturated carbocycles. The molecule has 7 heteroatoms. The van der Waals surface area contributed by atoms with Crippen LogP contribution in [-0.4, -0.2) is 37.4 Å². The molecule has 2 N–H and O–H groups in total. The van der Waals surface area contributed by atoms with Gasteiger partial charge in [0.2, 0.25) is 11.8 Å². The first kappa shape index (κ1) is 19.4. The molecule has 1 atom stereocenters. The molecule has 1 unspecified atom stereocenters. The highest BCUT2D eigenvalue weighted by molar-refractivity contribution is 6.05. The second kappa shape index (κ2) is 8.56. The molecular formula is C21H23N3O4. The summed E-state index contributed by atoms with van der Waals surface area (Å²) in [5.41, 5.74) is 1.63. The summed E-state index contributed by atoms with van der Waals surface area (Å²) >= 11 is 0. The number of methoxy groups -OCH3 is 1. The maximum atomic E-state index is 12.8. The quantitative estimate of drug-likeness (QED) is 0.805. The van der Waals surface area contributed by atoms with Crippen LogP contribution in [0.15, 0.2) is 48.5 Å². The number of carbonyl (C=O) groups is 3. The summed E-state index contributed by atoms with van der Waals surface area (Å²) in [6, 6.07) is 13.3. The van der Waals surface area contributed by atoms with Crippen LogP contribution in [0.2, 0.25) is 0 Å². The van der Waals surface area contributed by atoms with Gasteiger partial charge in [0.15, 0.2) is 0 Å². The standard InChI is InChI=1S/C21H23N3O4/c1-3-19(25)22-15-8-6-7-14(13-15)20(26)23-16-11-12-24(21(16)27)17-9-4-5-10-18(17)28-2/h4-10,13,16H,3,11-12H2,1-2H3,(H,22,25)(H,23,26). The molecule has 0 radical (unpaired) electrons. The Kier molecular flexibility index (Phi) is 5.93. The van der Waals surface area contributed by atoms with Gasteiger partial charge in [0.1, 0.15) is 11.8 Å². The minimum atomic E-state index is -0.605. The number of nitrogens with one attached hydrogen (secondary N) is 2. The fourth-order valence-electron chi connectivity index (χ4n) is 3.13. The normalized spacial score (nSPS) is 16.0. The van der Waals surface area contributed by atoms with Gasteiger partial charge in [-0.3, -0.25) is 14.4 Å². The highest BCUT2D eigenvalue weighted by Gasteiger charge is 2.35. The van der Waals surface area contributed by atoms with E-state index in [0.29, 0.717) is 42.1 Å². The van der Waals surface area contributed by atoms with Crippen LogP contribution in [0.1, 0.15) is 30.1 Å². The molecule has 3 amide bonds. The van der Waals surface area contributed by atoms with Gasteiger partial charge in [-0.05, 0) is 36.8 Å². The first-order valence-corrected chi connectivity index (χ1v) is 9.18. The van der Waals surface area contributed by atoms with Crippen molar-refractivity contribution in [1.29, 1.82) is 0 Å². The Labute approximate surface area is 163 Å². The molecule has 146 valence electrons. The number of anilines is 2. The van der Waals surface area contributed by atoms with Gasteiger partial charge >= 0.3 is 0 Å². The molecular weight excluding hydrogens is 358 g/mol. The van der Waals surface area contributed by atoms with Crippen molar-refractivity contribution in [2.45, 2.75) is 25.8 Å². The molecule has 1 saturated heterocycles. The molecule has 0 bridgehead atoms. The molecule has 28 heavy (non-hydrogen) atoms. The molecule has 0 spiro atoms. The topological polar surface area (TPSA) is 87.7 Å². The fourth-order valence-corrected chi connectivity index (χ4v) is 3.13. The van der Waals surface area contributed by atoms with Crippen LogP contribution in [0.4, 0.5) is 11.4 Å². The minimum absolute atomic E-state index is 0.129. The van der Waals surface area contributed by atoms with Gasteiger partial charge in [-0.25, -0.2) is 0 Å². The Bertz CT molecular complexity index is 897. The fraction of sp³-hybridized carbons (Fsp3) is 0.286. The predicted octanol–water partition coefficient (Wildman–Crippen LogP) is 2.58. The van der Waals surface area contributed by atoms with Crippen LogP contribution in [0, 0.1) is 0 Å². The number of carbonyl (C=O) groups excluding carboxylic acids is 3. The molecule has 2 aromatic rings. The number of amides is 3. The Morgan fingerprint density at radius 1 is 1.18 bits per heavy atom. The summed E-state index contributed by atoms with van der Waals surface area (Å²) in [5, 5.41) is 5.52. The van der Waals surface area contributed by atoms with Crippen molar-refractivity contribution in [1.82, 2.24) is 5.32 Å². The molecule has 1 fully saturated rings. The zero-order valence-electron chi connectivity index (χ0n) is 15.9. The first-order valence-electron chi connectivity index (χ1n) is 9.18. The Morgan fingerprint density at radius 2 is 1.96 bits per heavy atom. The van der Waals surface area contributed by atoms with Crippen LogP contribution >= 0.6 is 0 Å². The van der Waals surface area contributed by atoms with E-state index in [0.717, 1.165) is 0 Å². The van der Waals surface area contributed by atoms with E-state index in [1.165, 1.54) is 0 Å². The molecule has 1 heterocycles. The van der Waals surface area contributed by atoms with Crippen LogP contribution in [0.25, 0.3) is 0 Å². The SMILES string of the molecule is CCC(=O)Nc1cccc(C(=O)NC2CCN(c3ccccc3OC)C2=O)c1. The lowest BCUT2D eigenvalue weighted by molar-refractivity contribution is -0.118. The van der Waals surface area contributed by atoms with Gasteiger partial charge < -0.3 is 20.3 Å². The van der Waals surface area contributed by atoms with E-state index in [1.807, 2.05) is 18.2 Å². The summed E-state index contributed by atoms with van der Waals surface area (Å²) in [4.78, 5) is 38.6. The number of para-hydroxylation sites is 2. The summed E-state index contributed by atoms with van der Waals surface area (Å²) in [5.74, 6) is -0.0423. The smallest absolute Gasteiger partial charge is 0.252 e. The van der Waals surface area contributed by atoms with E-state index in [4.69, 9.17) is 4.74 Å². The average molecular weight is 381 g/mol. The van der Waals surface area contributed by atoms with Gasteiger partial charge in [0.05, 0.1) is 12.8 Å². The number of benzene rings is 2. The molecule has 0 aromatic heterocycles. The number of hydrogen-bond acceptors (Lipinski definition) is 4. The van der Waals surface area contributed by atoms with E-state index in [2.05, 4.69) is 10.6 Å². The highest BCUT2D eigenvalue weighted by atomic mass is 16.5. The third kappa shape index (κ3) is 4.14. The largest absolute Gasteiger partial charge is 0.495 e. The number of ether oxygens (including phenoxy) is 1. The van der Waals surface area contributed by atoms with Crippen molar-refractivity contribution in [3.63, 3.8) is 0 Å². The van der Waals surface area contributed by atoms with Crippen LogP contribution in [0.3, 0.4) is 0 Å². The third-order valence-electron chi connectivity index (χ3n) is 4.62. The van der Waals surface area contributed by atoms with E-state index >= 15 is 0 Å². The zero-order chi connectivity index (χ0) is 20.1. The summed E-state index contributed by atoms with van der Waals surface area (Å²) in [6.07, 6.45) is 0.862. The lowest BCUT2D eigenvalue weighted by Gasteiger charge is -2.19. The Balaban J connectivity index is 1.69. The first-order chi connectivity index (χ1) is 13.5. The average Bonchev–Trinajstić information content (AvgIpc) is 3.08. The molecule has 0 aliphatic carbocycles. The number of hydrogen-bond donors (Lipinski definition) is 2. The molecule has 7 nitrogen and oxygen atoms in total. The monoisotopic (exact) mass is 381 g/mol. The minimum Gasteiger partial charge on any atom is -0.495 e. The Hall–Kier alpha value is -3.35. The van der Waals surface area contributed by atoms with Crippen molar-refractivity contribution in [3.8, 4) is 5.75 Å². The molecule has 1 aliphatic rings. The lowest BCUT2D eigenvalue weighted by Crippen LogP contribution is -2.41. The van der Waals surface area contributed by atoms with Crippen molar-refractivity contribution in [3.05, 3.63) is 54.1 Å².